The SMILES string of the molecule is CC(C)CNCC(C)(C)CN(C)CCC(C)O. The molecule has 0 saturated heterocycles. The standard InChI is InChI=1S/C14H32N2O/c1-12(2)9-15-10-14(4,5)11-16(6)8-7-13(3)17/h12-13,15,17H,7-11H2,1-6H3. The van der Waals surface area contributed by atoms with Crippen molar-refractivity contribution in [1.29, 1.82) is 0 Å². The Labute approximate surface area is 108 Å². The summed E-state index contributed by atoms with van der Waals surface area (Å²) in [7, 11) is 2.13. The molecule has 0 heterocycles. The van der Waals surface area contributed by atoms with Gasteiger partial charge in [0, 0.05) is 19.6 Å². The van der Waals surface area contributed by atoms with Crippen LogP contribution in [0, 0.1) is 11.3 Å². The van der Waals surface area contributed by atoms with E-state index in [0.717, 1.165) is 32.6 Å². The first-order valence-electron chi connectivity index (χ1n) is 6.80. The number of aliphatic hydroxyl groups excluding tert-OH is 1. The van der Waals surface area contributed by atoms with Gasteiger partial charge >= 0.3 is 0 Å². The van der Waals surface area contributed by atoms with E-state index in [2.05, 4.69) is 45.0 Å². The summed E-state index contributed by atoms with van der Waals surface area (Å²) in [4.78, 5) is 2.31. The Morgan fingerprint density at radius 3 is 2.29 bits per heavy atom. The highest BCUT2D eigenvalue weighted by Crippen LogP contribution is 2.15. The maximum Gasteiger partial charge on any atom is 0.0524 e. The third kappa shape index (κ3) is 10.7. The number of nitrogens with one attached hydrogen (secondary N) is 1. The van der Waals surface area contributed by atoms with E-state index in [9.17, 15) is 5.11 Å². The zero-order chi connectivity index (χ0) is 13.5. The van der Waals surface area contributed by atoms with Gasteiger partial charge in [-0.05, 0) is 38.3 Å². The van der Waals surface area contributed by atoms with Gasteiger partial charge in [0.1, 0.15) is 0 Å². The van der Waals surface area contributed by atoms with Gasteiger partial charge in [-0.2, -0.15) is 0 Å². The molecular formula is C14H32N2O. The van der Waals surface area contributed by atoms with E-state index in [1.165, 1.54) is 0 Å². The van der Waals surface area contributed by atoms with Crippen molar-refractivity contribution in [2.45, 2.75) is 47.1 Å². The molecular weight excluding hydrogens is 212 g/mol. The zero-order valence-electron chi connectivity index (χ0n) is 12.6. The van der Waals surface area contributed by atoms with E-state index >= 15 is 0 Å². The fraction of sp³-hybridized carbons (Fsp3) is 1.00. The van der Waals surface area contributed by atoms with Crippen LogP contribution in [0.1, 0.15) is 41.0 Å². The second kappa shape index (κ2) is 8.06. The average Bonchev–Trinajstić information content (AvgIpc) is 2.12. The molecule has 0 aromatic rings. The Bertz CT molecular complexity index is 191. The van der Waals surface area contributed by atoms with Crippen molar-refractivity contribution >= 4 is 0 Å². The minimum absolute atomic E-state index is 0.195. The summed E-state index contributed by atoms with van der Waals surface area (Å²) in [6, 6.07) is 0. The van der Waals surface area contributed by atoms with Crippen molar-refractivity contribution < 1.29 is 5.11 Å². The highest BCUT2D eigenvalue weighted by Gasteiger charge is 2.19. The molecule has 0 aromatic carbocycles. The molecule has 0 spiro atoms. The van der Waals surface area contributed by atoms with Crippen molar-refractivity contribution in [3.8, 4) is 0 Å². The van der Waals surface area contributed by atoms with E-state index in [0.29, 0.717) is 5.92 Å². The van der Waals surface area contributed by atoms with E-state index in [1.807, 2.05) is 6.92 Å². The van der Waals surface area contributed by atoms with Gasteiger partial charge in [0.2, 0.25) is 0 Å². The van der Waals surface area contributed by atoms with Crippen LogP contribution >= 0.6 is 0 Å². The van der Waals surface area contributed by atoms with Crippen LogP contribution < -0.4 is 5.32 Å². The molecule has 0 amide bonds. The Morgan fingerprint density at radius 1 is 1.24 bits per heavy atom. The Hall–Kier alpha value is -0.120. The Morgan fingerprint density at radius 2 is 1.82 bits per heavy atom. The van der Waals surface area contributed by atoms with Gasteiger partial charge in [0.25, 0.3) is 0 Å². The lowest BCUT2D eigenvalue weighted by atomic mass is 9.92. The third-order valence-corrected chi connectivity index (χ3v) is 2.78. The van der Waals surface area contributed by atoms with Crippen LogP contribution in [0.5, 0.6) is 0 Å². The van der Waals surface area contributed by atoms with E-state index in [-0.39, 0.29) is 11.5 Å². The van der Waals surface area contributed by atoms with Gasteiger partial charge in [0.15, 0.2) is 0 Å². The van der Waals surface area contributed by atoms with Crippen LogP contribution in [0.25, 0.3) is 0 Å². The van der Waals surface area contributed by atoms with Gasteiger partial charge in [0.05, 0.1) is 6.10 Å². The van der Waals surface area contributed by atoms with Crippen LogP contribution in [-0.2, 0) is 0 Å². The lowest BCUT2D eigenvalue weighted by Gasteiger charge is -2.31. The van der Waals surface area contributed by atoms with Crippen molar-refractivity contribution in [2.75, 3.05) is 33.2 Å². The monoisotopic (exact) mass is 244 g/mol. The zero-order valence-corrected chi connectivity index (χ0v) is 12.6. The van der Waals surface area contributed by atoms with Gasteiger partial charge < -0.3 is 15.3 Å². The lowest BCUT2D eigenvalue weighted by molar-refractivity contribution is 0.145. The fourth-order valence-corrected chi connectivity index (χ4v) is 1.97. The highest BCUT2D eigenvalue weighted by atomic mass is 16.3. The van der Waals surface area contributed by atoms with Crippen LogP contribution in [-0.4, -0.2) is 49.3 Å². The van der Waals surface area contributed by atoms with Crippen molar-refractivity contribution in [1.82, 2.24) is 10.2 Å². The molecule has 0 aromatic heterocycles. The molecule has 1 unspecified atom stereocenters. The first kappa shape index (κ1) is 16.9. The first-order chi connectivity index (χ1) is 7.73. The molecule has 2 N–H and O–H groups in total. The number of hydrogen-bond donors (Lipinski definition) is 2. The normalized spacial score (nSPS) is 14.6. The number of hydrogen-bond acceptors (Lipinski definition) is 3. The largest absolute Gasteiger partial charge is 0.393 e. The smallest absolute Gasteiger partial charge is 0.0524 e. The van der Waals surface area contributed by atoms with Gasteiger partial charge in [-0.15, -0.1) is 0 Å². The molecule has 3 nitrogen and oxygen atoms in total. The second-order valence-electron chi connectivity index (χ2n) is 6.56. The summed E-state index contributed by atoms with van der Waals surface area (Å²) in [6.07, 6.45) is 0.658. The fourth-order valence-electron chi connectivity index (χ4n) is 1.97. The predicted molar refractivity (Wildman–Crippen MR) is 75.3 cm³/mol. The topological polar surface area (TPSA) is 35.5 Å². The molecule has 0 bridgehead atoms. The summed E-state index contributed by atoms with van der Waals surface area (Å²) >= 11 is 0. The van der Waals surface area contributed by atoms with Crippen molar-refractivity contribution in [2.24, 2.45) is 11.3 Å². The van der Waals surface area contributed by atoms with Gasteiger partial charge in [-0.1, -0.05) is 27.7 Å². The maximum absolute atomic E-state index is 9.26. The molecule has 17 heavy (non-hydrogen) atoms. The summed E-state index contributed by atoms with van der Waals surface area (Å²) in [5.41, 5.74) is 0.280. The summed E-state index contributed by atoms with van der Waals surface area (Å²) < 4.78 is 0. The van der Waals surface area contributed by atoms with Crippen LogP contribution in [0.2, 0.25) is 0 Å². The highest BCUT2D eigenvalue weighted by molar-refractivity contribution is 4.75. The minimum atomic E-state index is -0.195. The molecule has 0 rings (SSSR count). The Kier molecular flexibility index (Phi) is 8.01. The van der Waals surface area contributed by atoms with E-state index in [1.54, 1.807) is 0 Å². The maximum atomic E-state index is 9.26. The predicted octanol–water partition coefficient (Wildman–Crippen LogP) is 1.96. The molecule has 104 valence electrons. The van der Waals surface area contributed by atoms with Gasteiger partial charge in [-0.25, -0.2) is 0 Å². The van der Waals surface area contributed by atoms with Crippen molar-refractivity contribution in [3.63, 3.8) is 0 Å². The lowest BCUT2D eigenvalue weighted by Crippen LogP contribution is -2.40. The van der Waals surface area contributed by atoms with Crippen LogP contribution in [0.3, 0.4) is 0 Å². The average molecular weight is 244 g/mol. The summed E-state index contributed by atoms with van der Waals surface area (Å²) in [5, 5.41) is 12.8. The first-order valence-corrected chi connectivity index (χ1v) is 6.80. The molecule has 0 fully saturated rings. The molecule has 0 aliphatic carbocycles. The molecule has 3 heteroatoms. The summed E-state index contributed by atoms with van der Waals surface area (Å²) in [6.45, 7) is 15.0. The number of rotatable bonds is 9. The summed E-state index contributed by atoms with van der Waals surface area (Å²) in [5.74, 6) is 0.707. The van der Waals surface area contributed by atoms with Gasteiger partial charge in [-0.3, -0.25) is 0 Å². The molecule has 0 radical (unpaired) electrons. The molecule has 0 aliphatic heterocycles. The third-order valence-electron chi connectivity index (χ3n) is 2.78. The van der Waals surface area contributed by atoms with Crippen LogP contribution in [0.15, 0.2) is 0 Å². The second-order valence-corrected chi connectivity index (χ2v) is 6.56. The minimum Gasteiger partial charge on any atom is -0.393 e. The van der Waals surface area contributed by atoms with E-state index < -0.39 is 0 Å². The van der Waals surface area contributed by atoms with Crippen LogP contribution in [0.4, 0.5) is 0 Å². The number of nitrogens with zero attached hydrogens (tertiary/aromatic N) is 1. The van der Waals surface area contributed by atoms with E-state index in [4.69, 9.17) is 0 Å². The Balaban J connectivity index is 3.81. The quantitative estimate of drug-likeness (QED) is 0.651. The molecule has 1 atom stereocenters. The molecule has 0 saturated carbocycles. The number of aliphatic hydroxyl groups is 1. The molecule has 0 aliphatic rings. The van der Waals surface area contributed by atoms with Crippen molar-refractivity contribution in [3.05, 3.63) is 0 Å².